The first kappa shape index (κ1) is 15.0. The molecule has 0 bridgehead atoms. The van der Waals surface area contributed by atoms with Crippen molar-refractivity contribution in [3.8, 4) is 0 Å². The van der Waals surface area contributed by atoms with Crippen molar-refractivity contribution in [1.29, 1.82) is 0 Å². The van der Waals surface area contributed by atoms with Crippen molar-refractivity contribution in [1.82, 2.24) is 10.3 Å². The van der Waals surface area contributed by atoms with Crippen LogP contribution >= 0.6 is 11.3 Å². The molecule has 0 aromatic carbocycles. The Labute approximate surface area is 122 Å². The molecule has 1 N–H and O–H groups in total. The third-order valence-electron chi connectivity index (χ3n) is 3.80. The van der Waals surface area contributed by atoms with Crippen molar-refractivity contribution < 1.29 is 0 Å². The fourth-order valence-electron chi connectivity index (χ4n) is 2.34. The predicted octanol–water partition coefficient (Wildman–Crippen LogP) is 4.59. The van der Waals surface area contributed by atoms with Crippen LogP contribution in [0.1, 0.15) is 75.0 Å². The second kappa shape index (κ2) is 5.92. The molecule has 0 radical (unpaired) electrons. The first-order valence-electron chi connectivity index (χ1n) is 7.59. The summed E-state index contributed by atoms with van der Waals surface area (Å²) in [6, 6.07) is 0.438. The molecule has 0 saturated heterocycles. The average molecular weight is 280 g/mol. The lowest BCUT2D eigenvalue weighted by Crippen LogP contribution is -2.19. The molecule has 1 aromatic heterocycles. The minimum absolute atomic E-state index is 0.166. The van der Waals surface area contributed by atoms with Gasteiger partial charge in [0.1, 0.15) is 0 Å². The third kappa shape index (κ3) is 4.28. The average Bonchev–Trinajstić information content (AvgIpc) is 3.04. The van der Waals surface area contributed by atoms with Gasteiger partial charge in [0.05, 0.1) is 10.7 Å². The topological polar surface area (TPSA) is 24.9 Å². The zero-order valence-corrected chi connectivity index (χ0v) is 13.9. The van der Waals surface area contributed by atoms with Gasteiger partial charge in [-0.1, -0.05) is 33.6 Å². The highest BCUT2D eigenvalue weighted by Crippen LogP contribution is 2.34. The Balaban J connectivity index is 1.86. The number of nitrogens with one attached hydrogen (secondary N) is 1. The lowest BCUT2D eigenvalue weighted by molar-refractivity contribution is 0.536. The zero-order chi connectivity index (χ0) is 14.0. The largest absolute Gasteiger partial charge is 0.309 e. The number of rotatable bonds is 6. The van der Waals surface area contributed by atoms with E-state index in [1.54, 1.807) is 0 Å². The molecular weight excluding hydrogens is 252 g/mol. The van der Waals surface area contributed by atoms with E-state index in [0.29, 0.717) is 6.04 Å². The molecule has 1 saturated carbocycles. The number of aromatic nitrogens is 1. The summed E-state index contributed by atoms with van der Waals surface area (Å²) in [4.78, 5) is 6.16. The normalized spacial score (nSPS) is 17.7. The minimum Gasteiger partial charge on any atom is -0.309 e. The molecule has 1 aromatic rings. The molecule has 0 aliphatic heterocycles. The van der Waals surface area contributed by atoms with E-state index in [1.165, 1.54) is 41.3 Å². The van der Waals surface area contributed by atoms with E-state index < -0.39 is 0 Å². The summed E-state index contributed by atoms with van der Waals surface area (Å²) in [5, 5.41) is 4.91. The number of nitrogens with zero attached hydrogens (tertiary/aromatic N) is 1. The second-order valence-corrected chi connectivity index (χ2v) is 8.01. The van der Waals surface area contributed by atoms with Crippen LogP contribution in [0.25, 0.3) is 0 Å². The zero-order valence-electron chi connectivity index (χ0n) is 13.0. The van der Waals surface area contributed by atoms with Gasteiger partial charge in [-0.15, -0.1) is 11.3 Å². The van der Waals surface area contributed by atoms with Crippen LogP contribution in [-0.2, 0) is 5.41 Å². The molecule has 108 valence electrons. The summed E-state index contributed by atoms with van der Waals surface area (Å²) in [5.41, 5.74) is 1.37. The number of hydrogen-bond donors (Lipinski definition) is 1. The maximum Gasteiger partial charge on any atom is 0.0985 e. The van der Waals surface area contributed by atoms with Crippen molar-refractivity contribution in [3.05, 3.63) is 15.6 Å². The molecular formula is C16H28N2S. The highest BCUT2D eigenvalue weighted by atomic mass is 32.1. The van der Waals surface area contributed by atoms with Gasteiger partial charge in [0.2, 0.25) is 0 Å². The summed E-state index contributed by atoms with van der Waals surface area (Å²) in [5.74, 6) is 1.05. The van der Waals surface area contributed by atoms with Crippen molar-refractivity contribution in [3.63, 3.8) is 0 Å². The molecule has 1 fully saturated rings. The van der Waals surface area contributed by atoms with Gasteiger partial charge in [-0.2, -0.15) is 0 Å². The van der Waals surface area contributed by atoms with Crippen LogP contribution in [0.2, 0.25) is 0 Å². The molecule has 19 heavy (non-hydrogen) atoms. The van der Waals surface area contributed by atoms with Crippen molar-refractivity contribution in [2.45, 2.75) is 71.8 Å². The lowest BCUT2D eigenvalue weighted by Gasteiger charge is -2.14. The van der Waals surface area contributed by atoms with E-state index in [4.69, 9.17) is 4.98 Å². The van der Waals surface area contributed by atoms with E-state index >= 15 is 0 Å². The van der Waals surface area contributed by atoms with Crippen LogP contribution in [0, 0.1) is 12.8 Å². The summed E-state index contributed by atoms with van der Waals surface area (Å²) >= 11 is 1.88. The van der Waals surface area contributed by atoms with Crippen LogP contribution < -0.4 is 5.32 Å². The van der Waals surface area contributed by atoms with Gasteiger partial charge in [0.15, 0.2) is 0 Å². The summed E-state index contributed by atoms with van der Waals surface area (Å²) in [6.07, 6.45) is 5.67. The first-order valence-corrected chi connectivity index (χ1v) is 8.40. The van der Waals surface area contributed by atoms with Gasteiger partial charge < -0.3 is 5.32 Å². The molecule has 2 rings (SSSR count). The Kier molecular flexibility index (Phi) is 4.67. The van der Waals surface area contributed by atoms with Crippen LogP contribution in [0.15, 0.2) is 0 Å². The second-order valence-electron chi connectivity index (χ2n) is 6.98. The highest BCUT2D eigenvalue weighted by Gasteiger charge is 2.23. The minimum atomic E-state index is 0.166. The monoisotopic (exact) mass is 280 g/mol. The molecule has 1 aliphatic carbocycles. The predicted molar refractivity (Wildman–Crippen MR) is 83.9 cm³/mol. The number of thiazole rings is 1. The van der Waals surface area contributed by atoms with Crippen LogP contribution in [0.3, 0.4) is 0 Å². The lowest BCUT2D eigenvalue weighted by atomic mass is 9.98. The van der Waals surface area contributed by atoms with Crippen molar-refractivity contribution in [2.24, 2.45) is 5.92 Å². The molecule has 0 spiro atoms. The van der Waals surface area contributed by atoms with Crippen molar-refractivity contribution >= 4 is 11.3 Å². The van der Waals surface area contributed by atoms with Gasteiger partial charge >= 0.3 is 0 Å². The van der Waals surface area contributed by atoms with Crippen LogP contribution in [0.4, 0.5) is 0 Å². The molecule has 2 nitrogen and oxygen atoms in total. The fraction of sp³-hybridized carbons (Fsp3) is 0.812. The fourth-order valence-corrected chi connectivity index (χ4v) is 3.49. The Bertz CT molecular complexity index is 413. The van der Waals surface area contributed by atoms with E-state index in [9.17, 15) is 0 Å². The highest BCUT2D eigenvalue weighted by molar-refractivity contribution is 7.12. The molecule has 3 heteroatoms. The third-order valence-corrected chi connectivity index (χ3v) is 5.57. The van der Waals surface area contributed by atoms with Crippen LogP contribution in [-0.4, -0.2) is 11.5 Å². The molecule has 1 unspecified atom stereocenters. The summed E-state index contributed by atoms with van der Waals surface area (Å²) in [6.45, 7) is 12.3. The Morgan fingerprint density at radius 3 is 2.58 bits per heavy atom. The summed E-state index contributed by atoms with van der Waals surface area (Å²) in [7, 11) is 0. The Morgan fingerprint density at radius 1 is 1.37 bits per heavy atom. The molecule has 0 amide bonds. The van der Waals surface area contributed by atoms with E-state index in [2.05, 4.69) is 39.9 Å². The first-order chi connectivity index (χ1) is 8.88. The molecule has 1 heterocycles. The van der Waals surface area contributed by atoms with Crippen molar-refractivity contribution in [2.75, 3.05) is 6.54 Å². The van der Waals surface area contributed by atoms with E-state index in [0.717, 1.165) is 12.5 Å². The van der Waals surface area contributed by atoms with Gasteiger partial charge in [-0.05, 0) is 39.2 Å². The van der Waals surface area contributed by atoms with Gasteiger partial charge in [-0.3, -0.25) is 0 Å². The number of aryl methyl sites for hydroxylation is 1. The number of hydrogen-bond acceptors (Lipinski definition) is 3. The smallest absolute Gasteiger partial charge is 0.0985 e. The molecule has 1 atom stereocenters. The van der Waals surface area contributed by atoms with Gasteiger partial charge in [-0.25, -0.2) is 4.98 Å². The Hall–Kier alpha value is -0.410. The maximum absolute atomic E-state index is 4.75. The van der Waals surface area contributed by atoms with Gasteiger partial charge in [0, 0.05) is 16.3 Å². The maximum atomic E-state index is 4.75. The van der Waals surface area contributed by atoms with E-state index in [-0.39, 0.29) is 5.41 Å². The van der Waals surface area contributed by atoms with Crippen LogP contribution in [0.5, 0.6) is 0 Å². The SMILES string of the molecule is Cc1nc(C(C)(C)C)sc1C(C)NCCCC1CC1. The van der Waals surface area contributed by atoms with E-state index in [1.807, 2.05) is 11.3 Å². The standard InChI is InChI=1S/C16H28N2S/c1-11(17-10-6-7-13-8-9-13)14-12(2)18-15(19-14)16(3,4)5/h11,13,17H,6-10H2,1-5H3. The quantitative estimate of drug-likeness (QED) is 0.771. The summed E-state index contributed by atoms with van der Waals surface area (Å²) < 4.78 is 0. The Morgan fingerprint density at radius 2 is 2.05 bits per heavy atom. The van der Waals surface area contributed by atoms with Gasteiger partial charge in [0.25, 0.3) is 0 Å². The molecule has 1 aliphatic rings.